The molecule has 1 saturated carbocycles. The molecule has 1 aliphatic heterocycles. The minimum atomic E-state index is 0.555. The predicted molar refractivity (Wildman–Crippen MR) is 89.3 cm³/mol. The molecule has 1 N–H and O–H groups in total. The average molecular weight is 311 g/mol. The summed E-state index contributed by atoms with van der Waals surface area (Å²) >= 11 is 0. The maximum atomic E-state index is 5.39. The lowest BCUT2D eigenvalue weighted by molar-refractivity contribution is 0.122. The topological polar surface area (TPSA) is 63.2 Å². The van der Waals surface area contributed by atoms with Crippen LogP contribution in [0.4, 0.5) is 17.3 Å². The molecule has 0 radical (unpaired) electrons. The zero-order valence-electron chi connectivity index (χ0n) is 13.3. The lowest BCUT2D eigenvalue weighted by Crippen LogP contribution is -2.36. The van der Waals surface area contributed by atoms with Crippen molar-refractivity contribution >= 4 is 17.3 Å². The molecule has 6 nitrogen and oxygen atoms in total. The van der Waals surface area contributed by atoms with Crippen molar-refractivity contribution in [3.05, 3.63) is 35.9 Å². The van der Waals surface area contributed by atoms with Crippen molar-refractivity contribution in [2.24, 2.45) is 0 Å². The van der Waals surface area contributed by atoms with Crippen LogP contribution >= 0.6 is 0 Å². The van der Waals surface area contributed by atoms with E-state index in [1.54, 1.807) is 0 Å². The van der Waals surface area contributed by atoms with Gasteiger partial charge in [0, 0.05) is 25.2 Å². The number of pyridine rings is 1. The summed E-state index contributed by atoms with van der Waals surface area (Å²) in [5, 5.41) is 3.37. The summed E-state index contributed by atoms with van der Waals surface area (Å²) in [6.07, 6.45) is 4.24. The summed E-state index contributed by atoms with van der Waals surface area (Å²) in [4.78, 5) is 15.9. The van der Waals surface area contributed by atoms with Gasteiger partial charge in [0.2, 0.25) is 0 Å². The van der Waals surface area contributed by atoms with Gasteiger partial charge in [-0.3, -0.25) is 0 Å². The Morgan fingerprint density at radius 3 is 2.70 bits per heavy atom. The van der Waals surface area contributed by atoms with Crippen LogP contribution in [0.5, 0.6) is 0 Å². The summed E-state index contributed by atoms with van der Waals surface area (Å²) in [6, 6.07) is 6.04. The highest BCUT2D eigenvalue weighted by Gasteiger charge is 2.26. The first-order valence-corrected chi connectivity index (χ1v) is 8.20. The van der Waals surface area contributed by atoms with Crippen LogP contribution in [0.1, 0.15) is 30.3 Å². The highest BCUT2D eigenvalue weighted by atomic mass is 16.5. The third-order valence-electron chi connectivity index (χ3n) is 4.29. The molecule has 2 aromatic heterocycles. The smallest absolute Gasteiger partial charge is 0.134 e. The van der Waals surface area contributed by atoms with Crippen molar-refractivity contribution < 1.29 is 4.74 Å². The summed E-state index contributed by atoms with van der Waals surface area (Å²) in [6.45, 7) is 5.36. The first-order chi connectivity index (χ1) is 11.3. The molecule has 4 rings (SSSR count). The van der Waals surface area contributed by atoms with Crippen LogP contribution in [0.2, 0.25) is 0 Å². The summed E-state index contributed by atoms with van der Waals surface area (Å²) in [7, 11) is 0. The maximum Gasteiger partial charge on any atom is 0.134 e. The van der Waals surface area contributed by atoms with Crippen molar-refractivity contribution in [3.63, 3.8) is 0 Å². The van der Waals surface area contributed by atoms with E-state index < -0.39 is 0 Å². The largest absolute Gasteiger partial charge is 0.378 e. The van der Waals surface area contributed by atoms with Crippen LogP contribution in [-0.2, 0) is 4.74 Å². The first-order valence-electron chi connectivity index (χ1n) is 8.20. The molecule has 1 saturated heterocycles. The average Bonchev–Trinajstić information content (AvgIpc) is 3.43. The number of nitrogens with zero attached hydrogens (tertiary/aromatic N) is 4. The van der Waals surface area contributed by atoms with Gasteiger partial charge >= 0.3 is 0 Å². The number of hydrogen-bond donors (Lipinski definition) is 1. The standard InChI is InChI=1S/C17H21N5O/c1-12-14(4-5-16(19-12)22-8-10-23-11-9-22)20-15-6-7-18-17(21-15)13-2-3-13/h4-7,13H,2-3,8-11H2,1H3,(H,18,20,21). The Morgan fingerprint density at radius 1 is 1.13 bits per heavy atom. The number of anilines is 3. The second-order valence-corrected chi connectivity index (χ2v) is 6.10. The third kappa shape index (κ3) is 3.27. The van der Waals surface area contributed by atoms with Gasteiger partial charge < -0.3 is 15.0 Å². The van der Waals surface area contributed by atoms with E-state index in [4.69, 9.17) is 9.72 Å². The quantitative estimate of drug-likeness (QED) is 0.936. The molecule has 2 aromatic rings. The fourth-order valence-corrected chi connectivity index (χ4v) is 2.77. The van der Waals surface area contributed by atoms with E-state index in [1.165, 1.54) is 12.8 Å². The van der Waals surface area contributed by atoms with E-state index in [0.717, 1.165) is 55.1 Å². The summed E-state index contributed by atoms with van der Waals surface area (Å²) in [5.41, 5.74) is 1.96. The first kappa shape index (κ1) is 14.4. The molecule has 0 atom stereocenters. The van der Waals surface area contributed by atoms with Gasteiger partial charge in [0.15, 0.2) is 0 Å². The van der Waals surface area contributed by atoms with Crippen molar-refractivity contribution in [2.45, 2.75) is 25.7 Å². The maximum absolute atomic E-state index is 5.39. The SMILES string of the molecule is Cc1nc(N2CCOCC2)ccc1Nc1ccnc(C2CC2)n1. The summed E-state index contributed by atoms with van der Waals surface area (Å²) in [5.74, 6) is 3.36. The summed E-state index contributed by atoms with van der Waals surface area (Å²) < 4.78 is 5.39. The van der Waals surface area contributed by atoms with Gasteiger partial charge in [-0.1, -0.05) is 0 Å². The molecule has 0 bridgehead atoms. The van der Waals surface area contributed by atoms with Gasteiger partial charge in [-0.05, 0) is 38.0 Å². The van der Waals surface area contributed by atoms with Crippen LogP contribution in [0.25, 0.3) is 0 Å². The zero-order valence-corrected chi connectivity index (χ0v) is 13.3. The molecule has 0 spiro atoms. The van der Waals surface area contributed by atoms with Gasteiger partial charge in [0.05, 0.1) is 24.6 Å². The Bertz CT molecular complexity index is 695. The minimum absolute atomic E-state index is 0.555. The molecule has 2 fully saturated rings. The fraction of sp³-hybridized carbons (Fsp3) is 0.471. The number of aryl methyl sites for hydroxylation is 1. The molecule has 0 amide bonds. The van der Waals surface area contributed by atoms with E-state index in [2.05, 4.69) is 32.3 Å². The number of morpholine rings is 1. The van der Waals surface area contributed by atoms with Gasteiger partial charge in [0.25, 0.3) is 0 Å². The second kappa shape index (κ2) is 6.12. The normalized spacial score (nSPS) is 18.0. The van der Waals surface area contributed by atoms with E-state index in [0.29, 0.717) is 5.92 Å². The van der Waals surface area contributed by atoms with Gasteiger partial charge in [-0.25, -0.2) is 15.0 Å². The van der Waals surface area contributed by atoms with E-state index in [-0.39, 0.29) is 0 Å². The zero-order chi connectivity index (χ0) is 15.6. The van der Waals surface area contributed by atoms with E-state index >= 15 is 0 Å². The molecule has 3 heterocycles. The molecule has 1 aliphatic carbocycles. The van der Waals surface area contributed by atoms with Gasteiger partial charge in [-0.2, -0.15) is 0 Å². The lowest BCUT2D eigenvalue weighted by atomic mass is 10.3. The van der Waals surface area contributed by atoms with Crippen LogP contribution < -0.4 is 10.2 Å². The molecular formula is C17H21N5O. The van der Waals surface area contributed by atoms with Crippen LogP contribution in [0.3, 0.4) is 0 Å². The van der Waals surface area contributed by atoms with Crippen molar-refractivity contribution in [1.82, 2.24) is 15.0 Å². The van der Waals surface area contributed by atoms with Crippen molar-refractivity contribution in [3.8, 4) is 0 Å². The highest BCUT2D eigenvalue weighted by Crippen LogP contribution is 2.38. The second-order valence-electron chi connectivity index (χ2n) is 6.10. The number of hydrogen-bond acceptors (Lipinski definition) is 6. The molecule has 23 heavy (non-hydrogen) atoms. The Kier molecular flexibility index (Phi) is 3.83. The van der Waals surface area contributed by atoms with Crippen molar-refractivity contribution in [1.29, 1.82) is 0 Å². The van der Waals surface area contributed by atoms with E-state index in [9.17, 15) is 0 Å². The Hall–Kier alpha value is -2.21. The monoisotopic (exact) mass is 311 g/mol. The van der Waals surface area contributed by atoms with Gasteiger partial charge in [-0.15, -0.1) is 0 Å². The Balaban J connectivity index is 1.51. The number of aromatic nitrogens is 3. The predicted octanol–water partition coefficient (Wildman–Crippen LogP) is 2.64. The number of ether oxygens (including phenoxy) is 1. The van der Waals surface area contributed by atoms with Gasteiger partial charge in [0.1, 0.15) is 17.5 Å². The molecule has 0 unspecified atom stereocenters. The molecule has 120 valence electrons. The number of rotatable bonds is 4. The molecular weight excluding hydrogens is 290 g/mol. The lowest BCUT2D eigenvalue weighted by Gasteiger charge is -2.28. The highest BCUT2D eigenvalue weighted by molar-refractivity contribution is 5.61. The van der Waals surface area contributed by atoms with Crippen LogP contribution in [0.15, 0.2) is 24.4 Å². The van der Waals surface area contributed by atoms with Crippen LogP contribution in [-0.4, -0.2) is 41.3 Å². The van der Waals surface area contributed by atoms with E-state index in [1.807, 2.05) is 19.2 Å². The minimum Gasteiger partial charge on any atom is -0.378 e. The fourth-order valence-electron chi connectivity index (χ4n) is 2.77. The van der Waals surface area contributed by atoms with Crippen molar-refractivity contribution in [2.75, 3.05) is 36.5 Å². The molecule has 0 aromatic carbocycles. The Labute approximate surface area is 135 Å². The molecule has 2 aliphatic rings. The Morgan fingerprint density at radius 2 is 1.96 bits per heavy atom. The van der Waals surface area contributed by atoms with Crippen LogP contribution in [0, 0.1) is 6.92 Å². The number of nitrogens with one attached hydrogen (secondary N) is 1. The molecule has 6 heteroatoms. The third-order valence-corrected chi connectivity index (χ3v) is 4.29.